The number of likely N-dealkylation sites (N-methyl/N-ethyl adjacent to an activating group) is 1. The Morgan fingerprint density at radius 1 is 1.36 bits per heavy atom. The van der Waals surface area contributed by atoms with Crippen molar-refractivity contribution in [1.29, 1.82) is 0 Å². The van der Waals surface area contributed by atoms with Crippen LogP contribution in [0.25, 0.3) is 0 Å². The molecule has 0 aromatic heterocycles. The van der Waals surface area contributed by atoms with Crippen molar-refractivity contribution >= 4 is 0 Å². The third kappa shape index (κ3) is 4.40. The van der Waals surface area contributed by atoms with E-state index >= 15 is 0 Å². The predicted octanol–water partition coefficient (Wildman–Crippen LogP) is 1.43. The van der Waals surface area contributed by atoms with Crippen molar-refractivity contribution in [3.8, 4) is 0 Å². The van der Waals surface area contributed by atoms with Crippen LogP contribution in [0.5, 0.6) is 0 Å². The Bertz CT molecular complexity index is 148. The highest BCUT2D eigenvalue weighted by Crippen LogP contribution is 2.32. The van der Waals surface area contributed by atoms with Crippen LogP contribution >= 0.6 is 0 Å². The molecule has 84 valence electrons. The topological polar surface area (TPSA) is 30.5 Å². The van der Waals surface area contributed by atoms with Crippen molar-refractivity contribution in [2.24, 2.45) is 5.92 Å². The van der Waals surface area contributed by atoms with Gasteiger partial charge in [-0.2, -0.15) is 0 Å². The van der Waals surface area contributed by atoms with E-state index in [2.05, 4.69) is 19.2 Å². The lowest BCUT2D eigenvalue weighted by Crippen LogP contribution is -2.36. The zero-order chi connectivity index (χ0) is 10.4. The molecule has 0 radical (unpaired) electrons. The van der Waals surface area contributed by atoms with E-state index in [1.807, 2.05) is 0 Å². The van der Waals surface area contributed by atoms with Crippen LogP contribution in [0.4, 0.5) is 0 Å². The molecule has 0 amide bonds. The van der Waals surface area contributed by atoms with Gasteiger partial charge < -0.3 is 14.8 Å². The van der Waals surface area contributed by atoms with Crippen molar-refractivity contribution in [2.75, 3.05) is 26.9 Å². The monoisotopic (exact) mass is 201 g/mol. The van der Waals surface area contributed by atoms with E-state index in [0.717, 1.165) is 19.1 Å². The van der Waals surface area contributed by atoms with Crippen LogP contribution in [-0.2, 0) is 9.47 Å². The zero-order valence-electron chi connectivity index (χ0n) is 9.58. The predicted molar refractivity (Wildman–Crippen MR) is 57.5 cm³/mol. The Hall–Kier alpha value is -0.120. The van der Waals surface area contributed by atoms with Crippen molar-refractivity contribution in [1.82, 2.24) is 5.32 Å². The van der Waals surface area contributed by atoms with Crippen LogP contribution in [0, 0.1) is 5.92 Å². The molecular weight excluding hydrogens is 178 g/mol. The molecule has 0 saturated heterocycles. The standard InChI is InChI=1S/C11H23NO2/c1-4-12-11(10-5-6-10)8-14-9(2)7-13-3/h9-12H,4-8H2,1-3H3. The van der Waals surface area contributed by atoms with E-state index in [0.29, 0.717) is 12.6 Å². The van der Waals surface area contributed by atoms with Crippen LogP contribution in [0.1, 0.15) is 26.7 Å². The molecule has 1 aliphatic carbocycles. The summed E-state index contributed by atoms with van der Waals surface area (Å²) in [6.07, 6.45) is 2.93. The number of methoxy groups -OCH3 is 1. The lowest BCUT2D eigenvalue weighted by Gasteiger charge is -2.20. The normalized spacial score (nSPS) is 20.8. The molecule has 3 heteroatoms. The summed E-state index contributed by atoms with van der Waals surface area (Å²) >= 11 is 0. The SMILES string of the molecule is CCNC(COC(C)COC)C1CC1. The van der Waals surface area contributed by atoms with Gasteiger partial charge in [-0.25, -0.2) is 0 Å². The van der Waals surface area contributed by atoms with Gasteiger partial charge in [-0.05, 0) is 32.2 Å². The largest absolute Gasteiger partial charge is 0.382 e. The molecule has 1 N–H and O–H groups in total. The average molecular weight is 201 g/mol. The maximum absolute atomic E-state index is 5.71. The molecule has 0 aromatic rings. The van der Waals surface area contributed by atoms with Crippen LogP contribution < -0.4 is 5.32 Å². The molecular formula is C11H23NO2. The zero-order valence-corrected chi connectivity index (χ0v) is 9.58. The van der Waals surface area contributed by atoms with Gasteiger partial charge in [0.25, 0.3) is 0 Å². The minimum Gasteiger partial charge on any atom is -0.382 e. The molecule has 0 spiro atoms. The Balaban J connectivity index is 2.12. The summed E-state index contributed by atoms with van der Waals surface area (Å²) in [4.78, 5) is 0. The van der Waals surface area contributed by atoms with Crippen molar-refractivity contribution in [3.63, 3.8) is 0 Å². The van der Waals surface area contributed by atoms with E-state index < -0.39 is 0 Å². The maximum atomic E-state index is 5.71. The average Bonchev–Trinajstić information content (AvgIpc) is 2.96. The second-order valence-corrected chi connectivity index (χ2v) is 4.10. The second kappa shape index (κ2) is 6.38. The highest BCUT2D eigenvalue weighted by molar-refractivity contribution is 4.86. The van der Waals surface area contributed by atoms with E-state index in [1.165, 1.54) is 12.8 Å². The molecule has 3 nitrogen and oxygen atoms in total. The van der Waals surface area contributed by atoms with Gasteiger partial charge in [0.2, 0.25) is 0 Å². The molecule has 1 rings (SSSR count). The third-order valence-electron chi connectivity index (χ3n) is 2.62. The lowest BCUT2D eigenvalue weighted by molar-refractivity contribution is -0.00241. The number of hydrogen-bond acceptors (Lipinski definition) is 3. The molecule has 1 saturated carbocycles. The molecule has 0 aromatic carbocycles. The number of ether oxygens (including phenoxy) is 2. The minimum atomic E-state index is 0.208. The first-order valence-electron chi connectivity index (χ1n) is 5.61. The van der Waals surface area contributed by atoms with Crippen LogP contribution in [0.15, 0.2) is 0 Å². The molecule has 1 fully saturated rings. The van der Waals surface area contributed by atoms with Crippen LogP contribution in [-0.4, -0.2) is 39.0 Å². The number of hydrogen-bond donors (Lipinski definition) is 1. The summed E-state index contributed by atoms with van der Waals surface area (Å²) < 4.78 is 10.7. The van der Waals surface area contributed by atoms with Gasteiger partial charge in [0.05, 0.1) is 19.3 Å². The molecule has 2 unspecified atom stereocenters. The highest BCUT2D eigenvalue weighted by Gasteiger charge is 2.30. The molecule has 0 heterocycles. The molecule has 2 atom stereocenters. The van der Waals surface area contributed by atoms with Crippen LogP contribution in [0.3, 0.4) is 0 Å². The van der Waals surface area contributed by atoms with Crippen molar-refractivity contribution in [2.45, 2.75) is 38.8 Å². The summed E-state index contributed by atoms with van der Waals surface area (Å²) in [6, 6.07) is 0.555. The Kier molecular flexibility index (Phi) is 5.45. The van der Waals surface area contributed by atoms with Crippen LogP contribution in [0.2, 0.25) is 0 Å². The van der Waals surface area contributed by atoms with Gasteiger partial charge in [-0.15, -0.1) is 0 Å². The summed E-state index contributed by atoms with van der Waals surface area (Å²) in [6.45, 7) is 6.74. The minimum absolute atomic E-state index is 0.208. The summed E-state index contributed by atoms with van der Waals surface area (Å²) in [5.41, 5.74) is 0. The van der Waals surface area contributed by atoms with Gasteiger partial charge in [0.15, 0.2) is 0 Å². The molecule has 0 aliphatic heterocycles. The first kappa shape index (κ1) is 12.0. The van der Waals surface area contributed by atoms with E-state index in [1.54, 1.807) is 7.11 Å². The van der Waals surface area contributed by atoms with E-state index in [4.69, 9.17) is 9.47 Å². The summed E-state index contributed by atoms with van der Waals surface area (Å²) in [5.74, 6) is 0.852. The molecule has 0 bridgehead atoms. The van der Waals surface area contributed by atoms with Gasteiger partial charge in [0.1, 0.15) is 0 Å². The second-order valence-electron chi connectivity index (χ2n) is 4.10. The Morgan fingerprint density at radius 2 is 2.07 bits per heavy atom. The van der Waals surface area contributed by atoms with E-state index in [-0.39, 0.29) is 6.10 Å². The van der Waals surface area contributed by atoms with Gasteiger partial charge in [-0.3, -0.25) is 0 Å². The molecule has 1 aliphatic rings. The number of rotatable bonds is 8. The summed E-state index contributed by atoms with van der Waals surface area (Å²) in [5, 5.41) is 3.48. The third-order valence-corrected chi connectivity index (χ3v) is 2.62. The first-order valence-corrected chi connectivity index (χ1v) is 5.61. The fourth-order valence-electron chi connectivity index (χ4n) is 1.67. The van der Waals surface area contributed by atoms with Gasteiger partial charge in [0, 0.05) is 13.2 Å². The quantitative estimate of drug-likeness (QED) is 0.644. The van der Waals surface area contributed by atoms with Crippen molar-refractivity contribution < 1.29 is 9.47 Å². The highest BCUT2D eigenvalue weighted by atomic mass is 16.5. The first-order chi connectivity index (χ1) is 6.77. The van der Waals surface area contributed by atoms with Gasteiger partial charge in [-0.1, -0.05) is 6.92 Å². The molecule has 14 heavy (non-hydrogen) atoms. The Labute approximate surface area is 87.2 Å². The summed E-state index contributed by atoms with van der Waals surface area (Å²) in [7, 11) is 1.71. The van der Waals surface area contributed by atoms with Crippen molar-refractivity contribution in [3.05, 3.63) is 0 Å². The smallest absolute Gasteiger partial charge is 0.0781 e. The number of nitrogens with one attached hydrogen (secondary N) is 1. The van der Waals surface area contributed by atoms with Gasteiger partial charge >= 0.3 is 0 Å². The maximum Gasteiger partial charge on any atom is 0.0781 e. The van der Waals surface area contributed by atoms with E-state index in [9.17, 15) is 0 Å². The fraction of sp³-hybridized carbons (Fsp3) is 1.00. The Morgan fingerprint density at radius 3 is 2.57 bits per heavy atom. The lowest BCUT2D eigenvalue weighted by atomic mass is 10.2. The fourth-order valence-corrected chi connectivity index (χ4v) is 1.67.